The van der Waals surface area contributed by atoms with E-state index < -0.39 is 7.32 Å². The Morgan fingerprint density at radius 2 is 0.712 bits per heavy atom. The minimum atomic E-state index is -1.31. The van der Waals surface area contributed by atoms with E-state index in [1.165, 1.54) is 246 Å². The van der Waals surface area contributed by atoms with Gasteiger partial charge in [0.05, 0.1) is 25.2 Å². The standard InChI is InChI=1S/C58H94BF3NO3.C6H4F/c1-5-9-13-17-21-25-29-33-47-63(48-34-30-26-22-18-14-10-6-2,49-35-31-27-23-19-15-11-7-3)57(36-32-28-24-20-16-12-8-4)56-50-53(62)41-46-58(56)66-59(64-54-42-37-51(60)38-43-54)65-55-44-39-52(61)40-45-55;7-6-4-2-1-3-5-6/h37-46,50,57H,5-36,47-49H2,1-4H3;2-5H/q+1;-1. The Bertz CT molecular complexity index is 1790. The average molecular weight is 1020 g/mol. The SMILES string of the molecule is CCCCCCCCCC[N+](CCCCCCCCCC)(CCCCCCCCCC)C(CCCCCCCCC)c1cc(F)ccc1OB(Oc1ccc(F)cc1)Oc1ccc(F)cc1.Fc1cc[c-]cc1. The van der Waals surface area contributed by atoms with Crippen LogP contribution in [0.1, 0.15) is 245 Å². The van der Waals surface area contributed by atoms with Crippen LogP contribution in [0.4, 0.5) is 17.6 Å². The fourth-order valence-electron chi connectivity index (χ4n) is 10.2. The topological polar surface area (TPSA) is 27.7 Å². The maximum atomic E-state index is 16.0. The van der Waals surface area contributed by atoms with Gasteiger partial charge in [0.1, 0.15) is 40.7 Å². The second-order valence-corrected chi connectivity index (χ2v) is 20.7. The number of hydrogen-bond acceptors (Lipinski definition) is 3. The lowest BCUT2D eigenvalue weighted by molar-refractivity contribution is -0.958. The first kappa shape index (κ1) is 63.3. The van der Waals surface area contributed by atoms with Crippen molar-refractivity contribution in [2.24, 2.45) is 0 Å². The van der Waals surface area contributed by atoms with Crippen molar-refractivity contribution in [2.45, 2.75) is 239 Å². The maximum Gasteiger partial charge on any atom is 0.864 e. The van der Waals surface area contributed by atoms with Crippen LogP contribution in [0.5, 0.6) is 17.2 Å². The second kappa shape index (κ2) is 41.3. The highest BCUT2D eigenvalue weighted by Gasteiger charge is 2.40. The van der Waals surface area contributed by atoms with Crippen LogP contribution in [0.3, 0.4) is 0 Å². The number of rotatable bonds is 43. The molecule has 0 saturated heterocycles. The molecule has 408 valence electrons. The van der Waals surface area contributed by atoms with E-state index in [2.05, 4.69) is 33.8 Å². The van der Waals surface area contributed by atoms with E-state index in [9.17, 15) is 13.2 Å². The molecule has 0 saturated carbocycles. The molecular formula is C64H98BF4NO3. The molecule has 0 spiro atoms. The number of hydrogen-bond donors (Lipinski definition) is 0. The monoisotopic (exact) mass is 1020 g/mol. The molecule has 0 aliphatic carbocycles. The third kappa shape index (κ3) is 29.1. The van der Waals surface area contributed by atoms with Gasteiger partial charge in [-0.2, -0.15) is 18.2 Å². The molecule has 0 heterocycles. The molecule has 0 amide bonds. The van der Waals surface area contributed by atoms with E-state index in [4.69, 9.17) is 14.0 Å². The molecule has 0 N–H and O–H groups in total. The summed E-state index contributed by atoms with van der Waals surface area (Å²) in [5, 5.41) is 0. The Morgan fingerprint density at radius 3 is 1.07 bits per heavy atom. The van der Waals surface area contributed by atoms with Crippen molar-refractivity contribution in [1.82, 2.24) is 0 Å². The van der Waals surface area contributed by atoms with Gasteiger partial charge in [0, 0.05) is 12.2 Å². The highest BCUT2D eigenvalue weighted by molar-refractivity contribution is 6.39. The zero-order chi connectivity index (χ0) is 52.5. The molecule has 4 nitrogen and oxygen atoms in total. The predicted molar refractivity (Wildman–Crippen MR) is 300 cm³/mol. The average Bonchev–Trinajstić information content (AvgIpc) is 3.39. The summed E-state index contributed by atoms with van der Waals surface area (Å²) in [4.78, 5) is 0. The Morgan fingerprint density at radius 1 is 0.384 bits per heavy atom. The molecule has 1 atom stereocenters. The zero-order valence-electron chi connectivity index (χ0n) is 46.2. The molecule has 9 heteroatoms. The summed E-state index contributed by atoms with van der Waals surface area (Å²) in [5.41, 5.74) is 0.870. The lowest BCUT2D eigenvalue weighted by Crippen LogP contribution is -2.53. The van der Waals surface area contributed by atoms with Gasteiger partial charge in [0.2, 0.25) is 0 Å². The van der Waals surface area contributed by atoms with Gasteiger partial charge >= 0.3 is 7.32 Å². The lowest BCUT2D eigenvalue weighted by Gasteiger charge is -2.46. The molecule has 0 bridgehead atoms. The molecular weight excluding hydrogens is 918 g/mol. The molecule has 73 heavy (non-hydrogen) atoms. The van der Waals surface area contributed by atoms with Gasteiger partial charge in [0.25, 0.3) is 0 Å². The van der Waals surface area contributed by atoms with Crippen molar-refractivity contribution >= 4 is 7.32 Å². The van der Waals surface area contributed by atoms with Crippen LogP contribution in [0.15, 0.2) is 91.0 Å². The number of halogens is 4. The smallest absolute Gasteiger partial charge is 0.490 e. The minimum absolute atomic E-state index is 0.0160. The van der Waals surface area contributed by atoms with Crippen molar-refractivity contribution < 1.29 is 36.0 Å². The number of nitrogens with zero attached hydrogens (tertiary/aromatic N) is 1. The van der Waals surface area contributed by atoms with Crippen molar-refractivity contribution in [3.05, 3.63) is 126 Å². The van der Waals surface area contributed by atoms with Gasteiger partial charge in [0.15, 0.2) is 0 Å². The highest BCUT2D eigenvalue weighted by atomic mass is 19.1. The fraction of sp³-hybridized carbons (Fsp3) is 0.625. The summed E-state index contributed by atoms with van der Waals surface area (Å²) in [5.74, 6) is -0.00455. The van der Waals surface area contributed by atoms with E-state index in [0.29, 0.717) is 17.2 Å². The molecule has 0 aliphatic heterocycles. The molecule has 0 radical (unpaired) electrons. The number of benzene rings is 4. The molecule has 4 rings (SSSR count). The maximum absolute atomic E-state index is 16.0. The van der Waals surface area contributed by atoms with Gasteiger partial charge in [-0.1, -0.05) is 182 Å². The third-order valence-corrected chi connectivity index (χ3v) is 14.4. The molecule has 1 unspecified atom stereocenters. The largest absolute Gasteiger partial charge is 0.864 e. The second-order valence-electron chi connectivity index (χ2n) is 20.7. The van der Waals surface area contributed by atoms with E-state index >= 15 is 4.39 Å². The Balaban J connectivity index is 0.00000184. The fourth-order valence-corrected chi connectivity index (χ4v) is 10.2. The summed E-state index contributed by atoms with van der Waals surface area (Å²) in [6.07, 6.45) is 39.9. The molecule has 4 aromatic carbocycles. The van der Waals surface area contributed by atoms with E-state index in [-0.39, 0.29) is 29.3 Å². The molecule has 0 aliphatic rings. The Hall–Kier alpha value is -3.98. The molecule has 4 aromatic rings. The van der Waals surface area contributed by atoms with Crippen LogP contribution >= 0.6 is 0 Å². The van der Waals surface area contributed by atoms with Crippen molar-refractivity contribution in [2.75, 3.05) is 19.6 Å². The summed E-state index contributed by atoms with van der Waals surface area (Å²) < 4.78 is 76.3. The van der Waals surface area contributed by atoms with Crippen LogP contribution in [-0.2, 0) is 0 Å². The highest BCUT2D eigenvalue weighted by Crippen LogP contribution is 2.41. The lowest BCUT2D eigenvalue weighted by atomic mass is 9.92. The molecule has 0 aromatic heterocycles. The predicted octanol–water partition coefficient (Wildman–Crippen LogP) is 20.7. The van der Waals surface area contributed by atoms with Gasteiger partial charge < -0.3 is 18.4 Å². The summed E-state index contributed by atoms with van der Waals surface area (Å²) >= 11 is 0. The number of quaternary nitrogens is 1. The van der Waals surface area contributed by atoms with E-state index in [0.717, 1.165) is 68.2 Å². The van der Waals surface area contributed by atoms with Gasteiger partial charge in [-0.05, 0) is 112 Å². The minimum Gasteiger partial charge on any atom is -0.490 e. The summed E-state index contributed by atoms with van der Waals surface area (Å²) in [6, 6.07) is 24.9. The van der Waals surface area contributed by atoms with Crippen molar-refractivity contribution in [3.8, 4) is 17.2 Å². The first-order valence-corrected chi connectivity index (χ1v) is 29.5. The third-order valence-electron chi connectivity index (χ3n) is 14.4. The van der Waals surface area contributed by atoms with E-state index in [1.54, 1.807) is 12.1 Å². The van der Waals surface area contributed by atoms with Gasteiger partial charge in [-0.25, -0.2) is 17.6 Å². The first-order chi connectivity index (χ1) is 35.7. The van der Waals surface area contributed by atoms with Crippen LogP contribution in [0, 0.1) is 29.3 Å². The van der Waals surface area contributed by atoms with Crippen LogP contribution < -0.4 is 14.0 Å². The molecule has 0 fully saturated rings. The summed E-state index contributed by atoms with van der Waals surface area (Å²) in [6.45, 7) is 12.3. The quantitative estimate of drug-likeness (QED) is 0.0145. The van der Waals surface area contributed by atoms with Crippen molar-refractivity contribution in [1.29, 1.82) is 0 Å². The Kier molecular flexibility index (Phi) is 35.8. The van der Waals surface area contributed by atoms with E-state index in [1.807, 2.05) is 0 Å². The first-order valence-electron chi connectivity index (χ1n) is 29.5. The van der Waals surface area contributed by atoms with Crippen LogP contribution in [-0.4, -0.2) is 31.4 Å². The van der Waals surface area contributed by atoms with Crippen LogP contribution in [0.2, 0.25) is 0 Å². The van der Waals surface area contributed by atoms with Crippen LogP contribution in [0.25, 0.3) is 0 Å². The Labute approximate surface area is 443 Å². The zero-order valence-corrected chi connectivity index (χ0v) is 46.2. The normalized spacial score (nSPS) is 11.8. The number of unbranched alkanes of at least 4 members (excludes halogenated alkanes) is 27. The van der Waals surface area contributed by atoms with Gasteiger partial charge in [-0.3, -0.25) is 0 Å². The summed E-state index contributed by atoms with van der Waals surface area (Å²) in [7, 11) is -1.31. The van der Waals surface area contributed by atoms with Gasteiger partial charge in [-0.15, -0.1) is 12.1 Å². The van der Waals surface area contributed by atoms with Crippen molar-refractivity contribution in [3.63, 3.8) is 0 Å².